The molecule has 1 aliphatic carbocycles. The summed E-state index contributed by atoms with van der Waals surface area (Å²) < 4.78 is 0. The van der Waals surface area contributed by atoms with E-state index in [1.165, 1.54) is 4.90 Å². The summed E-state index contributed by atoms with van der Waals surface area (Å²) in [6.45, 7) is 4.08. The number of carbonyl (C=O) groups excluding carboxylic acids is 1. The van der Waals surface area contributed by atoms with E-state index in [0.29, 0.717) is 5.57 Å². The number of likely N-dealkylation sites (N-methyl/N-ethyl adjacent to an activating group) is 1. The molecule has 0 fully saturated rings. The first kappa shape index (κ1) is 10.8. The van der Waals surface area contributed by atoms with Crippen LogP contribution in [0.3, 0.4) is 0 Å². The Labute approximate surface area is 84.7 Å². The summed E-state index contributed by atoms with van der Waals surface area (Å²) in [5.74, 6) is -0.0467. The number of aliphatic hydroxyl groups is 1. The number of hydrogen-bond donors (Lipinski definition) is 1. The summed E-state index contributed by atoms with van der Waals surface area (Å²) in [6.07, 6.45) is 4.31. The van der Waals surface area contributed by atoms with Gasteiger partial charge in [0.25, 0.3) is 5.91 Å². The normalized spacial score (nSPS) is 19.7. The van der Waals surface area contributed by atoms with Crippen molar-refractivity contribution >= 4 is 5.91 Å². The van der Waals surface area contributed by atoms with Gasteiger partial charge in [-0.2, -0.15) is 0 Å². The molecule has 0 spiro atoms. The molecule has 1 rings (SSSR count). The number of allylic oxidation sites excluding steroid dienone is 2. The summed E-state index contributed by atoms with van der Waals surface area (Å²) >= 11 is 0. The van der Waals surface area contributed by atoms with Gasteiger partial charge in [0.1, 0.15) is 5.76 Å². The van der Waals surface area contributed by atoms with Crippen LogP contribution in [0.15, 0.2) is 23.5 Å². The molecule has 0 unspecified atom stereocenters. The van der Waals surface area contributed by atoms with E-state index < -0.39 is 0 Å². The van der Waals surface area contributed by atoms with Crippen LogP contribution in [0.4, 0.5) is 0 Å². The molecular formula is C11H17NO2. The Hall–Kier alpha value is -1.25. The number of carbonyl (C=O) groups is 1. The van der Waals surface area contributed by atoms with Crippen LogP contribution in [0.25, 0.3) is 0 Å². The molecule has 0 aromatic rings. The van der Waals surface area contributed by atoms with E-state index in [1.807, 2.05) is 19.9 Å². The number of aliphatic hydroxyl groups excluding tert-OH is 1. The van der Waals surface area contributed by atoms with E-state index in [1.54, 1.807) is 20.2 Å². The Morgan fingerprint density at radius 3 is 2.57 bits per heavy atom. The SMILES string of the molecule is CN(C)C(=O)C1=CC(C)(C)CC=C1O. The van der Waals surface area contributed by atoms with Crippen molar-refractivity contribution in [2.24, 2.45) is 5.41 Å². The molecular weight excluding hydrogens is 178 g/mol. The maximum absolute atomic E-state index is 11.7. The number of hydrogen-bond acceptors (Lipinski definition) is 2. The molecule has 0 saturated heterocycles. The minimum atomic E-state index is -0.147. The third kappa shape index (κ3) is 2.16. The van der Waals surface area contributed by atoms with Crippen LogP contribution in [0.5, 0.6) is 0 Å². The van der Waals surface area contributed by atoms with Crippen LogP contribution in [0.1, 0.15) is 20.3 Å². The highest BCUT2D eigenvalue weighted by molar-refractivity contribution is 5.97. The maximum Gasteiger partial charge on any atom is 0.256 e. The average molecular weight is 195 g/mol. The Morgan fingerprint density at radius 2 is 2.07 bits per heavy atom. The highest BCUT2D eigenvalue weighted by atomic mass is 16.3. The number of amides is 1. The lowest BCUT2D eigenvalue weighted by Crippen LogP contribution is -2.27. The second-order valence-electron chi connectivity index (χ2n) is 4.54. The summed E-state index contributed by atoms with van der Waals surface area (Å²) in [5.41, 5.74) is 0.360. The van der Waals surface area contributed by atoms with Gasteiger partial charge < -0.3 is 10.0 Å². The topological polar surface area (TPSA) is 40.5 Å². The van der Waals surface area contributed by atoms with Crippen molar-refractivity contribution in [3.05, 3.63) is 23.5 Å². The van der Waals surface area contributed by atoms with E-state index in [2.05, 4.69) is 0 Å². The van der Waals surface area contributed by atoms with E-state index in [0.717, 1.165) is 6.42 Å². The Kier molecular flexibility index (Phi) is 2.69. The van der Waals surface area contributed by atoms with E-state index in [4.69, 9.17) is 0 Å². The molecule has 0 saturated carbocycles. The largest absolute Gasteiger partial charge is 0.507 e. The van der Waals surface area contributed by atoms with E-state index in [9.17, 15) is 9.90 Å². The van der Waals surface area contributed by atoms with Crippen molar-refractivity contribution < 1.29 is 9.90 Å². The summed E-state index contributed by atoms with van der Waals surface area (Å²) in [7, 11) is 3.36. The lowest BCUT2D eigenvalue weighted by atomic mass is 9.82. The molecule has 78 valence electrons. The minimum absolute atomic E-state index is 0.0484. The third-order valence-corrected chi connectivity index (χ3v) is 2.27. The second kappa shape index (κ2) is 3.48. The molecule has 14 heavy (non-hydrogen) atoms. The zero-order valence-electron chi connectivity index (χ0n) is 9.16. The first-order chi connectivity index (χ1) is 6.33. The lowest BCUT2D eigenvalue weighted by molar-refractivity contribution is -0.124. The van der Waals surface area contributed by atoms with Gasteiger partial charge in [-0.15, -0.1) is 0 Å². The number of rotatable bonds is 1. The molecule has 1 aliphatic rings. The molecule has 1 amide bonds. The van der Waals surface area contributed by atoms with Gasteiger partial charge in [0.05, 0.1) is 5.57 Å². The molecule has 0 aliphatic heterocycles. The van der Waals surface area contributed by atoms with Crippen LogP contribution in [0, 0.1) is 5.41 Å². The molecule has 0 atom stereocenters. The fourth-order valence-corrected chi connectivity index (χ4v) is 1.41. The molecule has 0 radical (unpaired) electrons. The van der Waals surface area contributed by atoms with Crippen molar-refractivity contribution in [1.82, 2.24) is 4.90 Å². The summed E-state index contributed by atoms with van der Waals surface area (Å²) in [5, 5.41) is 9.57. The van der Waals surface area contributed by atoms with Crippen LogP contribution in [-0.4, -0.2) is 30.0 Å². The van der Waals surface area contributed by atoms with Gasteiger partial charge in [-0.05, 0) is 17.9 Å². The summed E-state index contributed by atoms with van der Waals surface area (Å²) in [4.78, 5) is 13.1. The van der Waals surface area contributed by atoms with Crippen LogP contribution >= 0.6 is 0 Å². The predicted octanol–water partition coefficient (Wildman–Crippen LogP) is 1.87. The van der Waals surface area contributed by atoms with Gasteiger partial charge in [-0.25, -0.2) is 0 Å². The Morgan fingerprint density at radius 1 is 1.50 bits per heavy atom. The molecule has 0 heterocycles. The Bertz CT molecular complexity index is 311. The van der Waals surface area contributed by atoms with Gasteiger partial charge in [-0.3, -0.25) is 4.79 Å². The molecule has 0 aromatic carbocycles. The van der Waals surface area contributed by atoms with Crippen LogP contribution < -0.4 is 0 Å². The van der Waals surface area contributed by atoms with Crippen LogP contribution in [-0.2, 0) is 4.79 Å². The highest BCUT2D eigenvalue weighted by Crippen LogP contribution is 2.31. The van der Waals surface area contributed by atoms with Crippen molar-refractivity contribution in [2.75, 3.05) is 14.1 Å². The Balaban J connectivity index is 3.01. The summed E-state index contributed by atoms with van der Waals surface area (Å²) in [6, 6.07) is 0. The fraction of sp³-hybridized carbons (Fsp3) is 0.545. The van der Waals surface area contributed by atoms with Gasteiger partial charge in [0.15, 0.2) is 0 Å². The smallest absolute Gasteiger partial charge is 0.256 e. The van der Waals surface area contributed by atoms with Gasteiger partial charge in [0, 0.05) is 14.1 Å². The highest BCUT2D eigenvalue weighted by Gasteiger charge is 2.25. The van der Waals surface area contributed by atoms with Crippen molar-refractivity contribution in [3.63, 3.8) is 0 Å². The number of nitrogens with zero attached hydrogens (tertiary/aromatic N) is 1. The first-order valence-corrected chi connectivity index (χ1v) is 4.67. The average Bonchev–Trinajstić information content (AvgIpc) is 2.08. The zero-order chi connectivity index (χ0) is 10.9. The zero-order valence-corrected chi connectivity index (χ0v) is 9.16. The van der Waals surface area contributed by atoms with Crippen molar-refractivity contribution in [1.29, 1.82) is 0 Å². The monoisotopic (exact) mass is 195 g/mol. The minimum Gasteiger partial charge on any atom is -0.507 e. The van der Waals surface area contributed by atoms with Gasteiger partial charge >= 0.3 is 0 Å². The van der Waals surface area contributed by atoms with Gasteiger partial charge in [0.2, 0.25) is 0 Å². The lowest BCUT2D eigenvalue weighted by Gasteiger charge is -2.25. The maximum atomic E-state index is 11.7. The van der Waals surface area contributed by atoms with E-state index in [-0.39, 0.29) is 17.1 Å². The van der Waals surface area contributed by atoms with E-state index >= 15 is 0 Å². The van der Waals surface area contributed by atoms with Crippen LogP contribution in [0.2, 0.25) is 0 Å². The molecule has 0 aromatic heterocycles. The molecule has 0 bridgehead atoms. The first-order valence-electron chi connectivity index (χ1n) is 4.67. The molecule has 3 heteroatoms. The van der Waals surface area contributed by atoms with Gasteiger partial charge in [-0.1, -0.05) is 19.9 Å². The van der Waals surface area contributed by atoms with Crippen molar-refractivity contribution in [3.8, 4) is 0 Å². The fourth-order valence-electron chi connectivity index (χ4n) is 1.41. The quantitative estimate of drug-likeness (QED) is 0.694. The third-order valence-electron chi connectivity index (χ3n) is 2.27. The second-order valence-corrected chi connectivity index (χ2v) is 4.54. The standard InChI is InChI=1S/C11H17NO2/c1-11(2)6-5-9(13)8(7-11)10(14)12(3)4/h5,7,13H,6H2,1-4H3. The molecule has 3 nitrogen and oxygen atoms in total. The van der Waals surface area contributed by atoms with Crippen molar-refractivity contribution in [2.45, 2.75) is 20.3 Å². The molecule has 1 N–H and O–H groups in total. The predicted molar refractivity (Wildman–Crippen MR) is 55.9 cm³/mol.